The summed E-state index contributed by atoms with van der Waals surface area (Å²) in [5.41, 5.74) is -4.56. The monoisotopic (exact) mass is 481 g/mol. The standard InChI is InChI=1S/C21H22F3N5O5/c1-4-10-27-18(32)28(11-5-2)20(34)29(19(27)33)13-17(31)26(3)12-16(30)25-15-9-7-6-8-14(15)21(22,23)24/h4-9H,1-2,10-13H2,3H3,(H,25,30). The number of para-hydroxylation sites is 1. The first-order chi connectivity index (χ1) is 15.9. The van der Waals surface area contributed by atoms with Crippen LogP contribution in [-0.4, -0.2) is 44.0 Å². The zero-order chi connectivity index (χ0) is 25.6. The van der Waals surface area contributed by atoms with Crippen LogP contribution in [0.15, 0.2) is 64.0 Å². The fourth-order valence-electron chi connectivity index (χ4n) is 2.98. The Morgan fingerprint density at radius 2 is 1.47 bits per heavy atom. The van der Waals surface area contributed by atoms with Gasteiger partial charge in [0.05, 0.1) is 30.9 Å². The van der Waals surface area contributed by atoms with Gasteiger partial charge in [0.25, 0.3) is 0 Å². The lowest BCUT2D eigenvalue weighted by molar-refractivity contribution is -0.137. The van der Waals surface area contributed by atoms with Crippen molar-refractivity contribution < 1.29 is 22.8 Å². The highest BCUT2D eigenvalue weighted by molar-refractivity contribution is 5.95. The molecule has 0 bridgehead atoms. The van der Waals surface area contributed by atoms with E-state index in [1.807, 2.05) is 0 Å². The summed E-state index contributed by atoms with van der Waals surface area (Å²) < 4.78 is 41.2. The summed E-state index contributed by atoms with van der Waals surface area (Å²) in [5.74, 6) is -1.80. The summed E-state index contributed by atoms with van der Waals surface area (Å²) in [5, 5.41) is 2.09. The van der Waals surface area contributed by atoms with Crippen molar-refractivity contribution in [3.8, 4) is 0 Å². The molecule has 0 aliphatic rings. The summed E-state index contributed by atoms with van der Waals surface area (Å²) >= 11 is 0. The van der Waals surface area contributed by atoms with E-state index in [0.29, 0.717) is 13.7 Å². The summed E-state index contributed by atoms with van der Waals surface area (Å²) in [6.45, 7) is 4.96. The van der Waals surface area contributed by atoms with Crippen LogP contribution in [0.2, 0.25) is 0 Å². The number of carbonyl (C=O) groups excluding carboxylic acids is 2. The molecule has 0 spiro atoms. The molecule has 182 valence electrons. The summed E-state index contributed by atoms with van der Waals surface area (Å²) in [7, 11) is 1.17. The highest BCUT2D eigenvalue weighted by Gasteiger charge is 2.33. The zero-order valence-corrected chi connectivity index (χ0v) is 18.2. The lowest BCUT2D eigenvalue weighted by Crippen LogP contribution is -2.55. The Morgan fingerprint density at radius 3 is 1.97 bits per heavy atom. The van der Waals surface area contributed by atoms with Crippen molar-refractivity contribution in [3.05, 3.63) is 86.6 Å². The molecule has 0 aliphatic carbocycles. The molecular formula is C21H22F3N5O5. The maximum absolute atomic E-state index is 13.1. The number of benzene rings is 1. The van der Waals surface area contributed by atoms with E-state index in [4.69, 9.17) is 0 Å². The molecule has 0 unspecified atom stereocenters. The number of hydrogen-bond donors (Lipinski definition) is 1. The number of aromatic nitrogens is 3. The van der Waals surface area contributed by atoms with E-state index in [-0.39, 0.29) is 13.1 Å². The van der Waals surface area contributed by atoms with Gasteiger partial charge in [-0.1, -0.05) is 24.3 Å². The third kappa shape index (κ3) is 5.79. The number of alkyl halides is 3. The summed E-state index contributed by atoms with van der Waals surface area (Å²) in [4.78, 5) is 63.2. The normalized spacial score (nSPS) is 11.1. The molecule has 2 aromatic rings. The number of likely N-dealkylation sites (N-methyl/N-ethyl adjacent to an activating group) is 1. The molecule has 0 radical (unpaired) electrons. The quantitative estimate of drug-likeness (QED) is 0.529. The SMILES string of the molecule is C=CCn1c(=O)n(CC=C)c(=O)n(CC(=O)N(C)CC(=O)Nc2ccccc2C(F)(F)F)c1=O. The van der Waals surface area contributed by atoms with Crippen molar-refractivity contribution in [2.75, 3.05) is 18.9 Å². The molecule has 10 nitrogen and oxygen atoms in total. The fraction of sp³-hybridized carbons (Fsp3) is 0.286. The minimum absolute atomic E-state index is 0.222. The number of nitrogens with zero attached hydrogens (tertiary/aromatic N) is 4. The molecule has 0 fully saturated rings. The summed E-state index contributed by atoms with van der Waals surface area (Å²) in [6.07, 6.45) is -2.19. The number of anilines is 1. The molecule has 1 aromatic carbocycles. The topological polar surface area (TPSA) is 115 Å². The average molecular weight is 481 g/mol. The Kier molecular flexibility index (Phi) is 8.16. The molecule has 2 amide bonds. The van der Waals surface area contributed by atoms with Gasteiger partial charge in [0.1, 0.15) is 6.54 Å². The minimum Gasteiger partial charge on any atom is -0.335 e. The largest absolute Gasteiger partial charge is 0.418 e. The van der Waals surface area contributed by atoms with Crippen LogP contribution in [0.3, 0.4) is 0 Å². The summed E-state index contributed by atoms with van der Waals surface area (Å²) in [6, 6.07) is 4.33. The lowest BCUT2D eigenvalue weighted by Gasteiger charge is -2.19. The Balaban J connectivity index is 2.25. The molecule has 1 heterocycles. The van der Waals surface area contributed by atoms with Gasteiger partial charge in [-0.05, 0) is 12.1 Å². The van der Waals surface area contributed by atoms with E-state index >= 15 is 0 Å². The van der Waals surface area contributed by atoms with Gasteiger partial charge in [-0.15, -0.1) is 13.2 Å². The van der Waals surface area contributed by atoms with Crippen LogP contribution >= 0.6 is 0 Å². The van der Waals surface area contributed by atoms with Gasteiger partial charge < -0.3 is 10.2 Å². The van der Waals surface area contributed by atoms with Gasteiger partial charge >= 0.3 is 23.2 Å². The van der Waals surface area contributed by atoms with Crippen LogP contribution in [-0.2, 0) is 35.4 Å². The van der Waals surface area contributed by atoms with Crippen molar-refractivity contribution in [2.45, 2.75) is 25.8 Å². The second-order valence-electron chi connectivity index (χ2n) is 7.07. The number of allylic oxidation sites excluding steroid dienone is 2. The molecular weight excluding hydrogens is 459 g/mol. The molecule has 13 heteroatoms. The number of nitrogens with one attached hydrogen (secondary N) is 1. The lowest BCUT2D eigenvalue weighted by atomic mass is 10.1. The molecule has 0 saturated heterocycles. The van der Waals surface area contributed by atoms with Crippen LogP contribution < -0.4 is 22.4 Å². The van der Waals surface area contributed by atoms with Crippen molar-refractivity contribution in [3.63, 3.8) is 0 Å². The molecule has 1 N–H and O–H groups in total. The van der Waals surface area contributed by atoms with Gasteiger partial charge in [-0.25, -0.2) is 28.1 Å². The van der Waals surface area contributed by atoms with E-state index in [0.717, 1.165) is 23.1 Å². The van der Waals surface area contributed by atoms with Crippen molar-refractivity contribution in [2.24, 2.45) is 0 Å². The molecule has 0 atom stereocenters. The van der Waals surface area contributed by atoms with Crippen LogP contribution in [0.1, 0.15) is 5.56 Å². The first-order valence-electron chi connectivity index (χ1n) is 9.78. The maximum Gasteiger partial charge on any atom is 0.418 e. The van der Waals surface area contributed by atoms with Gasteiger partial charge in [0.15, 0.2) is 0 Å². The Labute approximate surface area is 190 Å². The maximum atomic E-state index is 13.1. The van der Waals surface area contributed by atoms with Crippen LogP contribution in [0.5, 0.6) is 0 Å². The predicted octanol–water partition coefficient (Wildman–Crippen LogP) is 0.660. The predicted molar refractivity (Wildman–Crippen MR) is 117 cm³/mol. The van der Waals surface area contributed by atoms with Gasteiger partial charge in [-0.3, -0.25) is 9.59 Å². The van der Waals surface area contributed by atoms with Crippen LogP contribution in [0.4, 0.5) is 18.9 Å². The van der Waals surface area contributed by atoms with Crippen LogP contribution in [0.25, 0.3) is 0 Å². The van der Waals surface area contributed by atoms with E-state index < -0.39 is 59.4 Å². The van der Waals surface area contributed by atoms with E-state index in [1.54, 1.807) is 0 Å². The van der Waals surface area contributed by atoms with E-state index in [9.17, 15) is 37.1 Å². The Bertz CT molecular complexity index is 1240. The molecule has 0 saturated carbocycles. The number of hydrogen-bond acceptors (Lipinski definition) is 5. The first-order valence-corrected chi connectivity index (χ1v) is 9.78. The zero-order valence-electron chi connectivity index (χ0n) is 18.2. The van der Waals surface area contributed by atoms with Crippen molar-refractivity contribution >= 4 is 17.5 Å². The average Bonchev–Trinajstić information content (AvgIpc) is 2.76. The molecule has 1 aromatic heterocycles. The molecule has 2 rings (SSSR count). The molecule has 0 aliphatic heterocycles. The number of carbonyl (C=O) groups is 2. The fourth-order valence-corrected chi connectivity index (χ4v) is 2.98. The van der Waals surface area contributed by atoms with Crippen molar-refractivity contribution in [1.29, 1.82) is 0 Å². The number of amides is 2. The van der Waals surface area contributed by atoms with Gasteiger partial charge in [0.2, 0.25) is 11.8 Å². The van der Waals surface area contributed by atoms with Gasteiger partial charge in [-0.2, -0.15) is 13.2 Å². The highest BCUT2D eigenvalue weighted by Crippen LogP contribution is 2.34. The molecule has 34 heavy (non-hydrogen) atoms. The third-order valence-electron chi connectivity index (χ3n) is 4.62. The first kappa shape index (κ1) is 26.1. The minimum atomic E-state index is -4.70. The van der Waals surface area contributed by atoms with E-state index in [1.165, 1.54) is 25.3 Å². The third-order valence-corrected chi connectivity index (χ3v) is 4.62. The number of rotatable bonds is 9. The highest BCUT2D eigenvalue weighted by atomic mass is 19.4. The smallest absolute Gasteiger partial charge is 0.335 e. The van der Waals surface area contributed by atoms with E-state index in [2.05, 4.69) is 18.5 Å². The Morgan fingerprint density at radius 1 is 0.971 bits per heavy atom. The second-order valence-corrected chi connectivity index (χ2v) is 7.07. The Hall–Kier alpha value is -4.16. The second kappa shape index (κ2) is 10.6. The van der Waals surface area contributed by atoms with Crippen LogP contribution in [0, 0.1) is 0 Å². The van der Waals surface area contributed by atoms with Gasteiger partial charge in [0, 0.05) is 7.05 Å². The van der Waals surface area contributed by atoms with Crippen molar-refractivity contribution in [1.82, 2.24) is 18.6 Å². The number of halogens is 3.